The van der Waals surface area contributed by atoms with Crippen LogP contribution in [0, 0.1) is 0 Å². The van der Waals surface area contributed by atoms with Crippen molar-refractivity contribution in [2.45, 2.75) is 0 Å². The third-order valence-electron chi connectivity index (χ3n) is 3.35. The highest BCUT2D eigenvalue weighted by molar-refractivity contribution is 6.12. The largest absolute Gasteiger partial charge is 0.493 e. The second-order valence-corrected chi connectivity index (χ2v) is 4.76. The number of benzene rings is 2. The second-order valence-electron chi connectivity index (χ2n) is 4.76. The summed E-state index contributed by atoms with van der Waals surface area (Å²) in [5, 5.41) is 0. The van der Waals surface area contributed by atoms with Crippen molar-refractivity contribution in [3.8, 4) is 11.5 Å². The van der Waals surface area contributed by atoms with Crippen LogP contribution >= 0.6 is 0 Å². The highest BCUT2D eigenvalue weighted by Crippen LogP contribution is 2.28. The van der Waals surface area contributed by atoms with Crippen molar-refractivity contribution in [2.24, 2.45) is 5.90 Å². The van der Waals surface area contributed by atoms with Crippen LogP contribution < -0.4 is 15.4 Å². The fourth-order valence-corrected chi connectivity index (χ4v) is 2.16. The van der Waals surface area contributed by atoms with Crippen LogP contribution in [0.15, 0.2) is 48.5 Å². The van der Waals surface area contributed by atoms with E-state index >= 15 is 0 Å². The van der Waals surface area contributed by atoms with Gasteiger partial charge in [-0.15, -0.1) is 0 Å². The fourth-order valence-electron chi connectivity index (χ4n) is 2.16. The Morgan fingerprint density at radius 2 is 1.62 bits per heavy atom. The Morgan fingerprint density at radius 3 is 2.25 bits per heavy atom. The third kappa shape index (κ3) is 3.80. The fraction of sp³-hybridized carbons (Fsp3) is 0.111. The van der Waals surface area contributed by atoms with Gasteiger partial charge in [-0.3, -0.25) is 4.79 Å². The number of allylic oxidation sites excluding steroid dienone is 1. The summed E-state index contributed by atoms with van der Waals surface area (Å²) in [4.78, 5) is 28.2. The average molecular weight is 327 g/mol. The van der Waals surface area contributed by atoms with Crippen molar-refractivity contribution in [3.05, 3.63) is 65.2 Å². The minimum Gasteiger partial charge on any atom is -0.493 e. The predicted octanol–water partition coefficient (Wildman–Crippen LogP) is 2.63. The Bertz CT molecular complexity index is 783. The van der Waals surface area contributed by atoms with E-state index in [1.165, 1.54) is 25.3 Å². The Kier molecular flexibility index (Phi) is 5.70. The van der Waals surface area contributed by atoms with Crippen LogP contribution in [0.5, 0.6) is 11.5 Å². The lowest BCUT2D eigenvalue weighted by Crippen LogP contribution is -2.14. The topological polar surface area (TPSA) is 87.9 Å². The van der Waals surface area contributed by atoms with Crippen molar-refractivity contribution in [1.82, 2.24) is 0 Å². The number of methoxy groups -OCH3 is 2. The lowest BCUT2D eigenvalue weighted by Gasteiger charge is -2.07. The van der Waals surface area contributed by atoms with E-state index < -0.39 is 5.97 Å². The van der Waals surface area contributed by atoms with Crippen LogP contribution in [-0.4, -0.2) is 26.0 Å². The molecule has 0 heterocycles. The number of nitrogens with two attached hydrogens (primary N) is 1. The minimum atomic E-state index is -0.765. The first kappa shape index (κ1) is 17.2. The van der Waals surface area contributed by atoms with Gasteiger partial charge in [0.05, 0.1) is 19.8 Å². The van der Waals surface area contributed by atoms with Gasteiger partial charge in [0.2, 0.25) is 0 Å². The molecular weight excluding hydrogens is 310 g/mol. The molecule has 2 rings (SSSR count). The molecule has 0 fully saturated rings. The van der Waals surface area contributed by atoms with Crippen LogP contribution in [0.2, 0.25) is 0 Å². The summed E-state index contributed by atoms with van der Waals surface area (Å²) in [6.07, 6.45) is 2.98. The zero-order chi connectivity index (χ0) is 17.5. The molecule has 0 amide bonds. The molecule has 0 radical (unpaired) electrons. The van der Waals surface area contributed by atoms with E-state index in [0.717, 1.165) is 5.56 Å². The van der Waals surface area contributed by atoms with E-state index in [9.17, 15) is 9.59 Å². The number of hydrogen-bond donors (Lipinski definition) is 1. The first-order valence-electron chi connectivity index (χ1n) is 7.05. The van der Waals surface area contributed by atoms with Gasteiger partial charge < -0.3 is 14.3 Å². The van der Waals surface area contributed by atoms with Crippen molar-refractivity contribution >= 4 is 17.8 Å². The maximum atomic E-state index is 12.3. The quantitative estimate of drug-likeness (QED) is 0.498. The molecule has 0 aliphatic carbocycles. The monoisotopic (exact) mass is 327 g/mol. The van der Waals surface area contributed by atoms with E-state index in [2.05, 4.69) is 4.84 Å². The molecular formula is C18H17NO5. The second kappa shape index (κ2) is 7.94. The van der Waals surface area contributed by atoms with Gasteiger partial charge in [0.25, 0.3) is 0 Å². The van der Waals surface area contributed by atoms with Gasteiger partial charge in [-0.25, -0.2) is 4.79 Å². The highest BCUT2D eigenvalue weighted by atomic mass is 16.7. The van der Waals surface area contributed by atoms with Crippen LogP contribution in [-0.2, 0) is 4.84 Å². The smallest absolute Gasteiger partial charge is 0.357 e. The van der Waals surface area contributed by atoms with Gasteiger partial charge in [-0.05, 0) is 29.8 Å². The minimum absolute atomic E-state index is 0.113. The Morgan fingerprint density at radius 1 is 0.958 bits per heavy atom. The summed E-state index contributed by atoms with van der Waals surface area (Å²) in [7, 11) is 3.08. The number of carbonyl (C=O) groups excluding carboxylic acids is 2. The van der Waals surface area contributed by atoms with E-state index in [-0.39, 0.29) is 16.9 Å². The predicted molar refractivity (Wildman–Crippen MR) is 89.0 cm³/mol. The molecule has 0 spiro atoms. The maximum Gasteiger partial charge on any atom is 0.357 e. The molecule has 6 nitrogen and oxygen atoms in total. The Balaban J connectivity index is 2.27. The van der Waals surface area contributed by atoms with E-state index in [4.69, 9.17) is 15.4 Å². The molecule has 0 aliphatic rings. The number of rotatable bonds is 6. The van der Waals surface area contributed by atoms with E-state index in [0.29, 0.717) is 11.5 Å². The molecule has 2 N–H and O–H groups in total. The van der Waals surface area contributed by atoms with Gasteiger partial charge in [-0.2, -0.15) is 5.90 Å². The molecule has 0 bridgehead atoms. The van der Waals surface area contributed by atoms with Crippen molar-refractivity contribution in [1.29, 1.82) is 0 Å². The zero-order valence-electron chi connectivity index (χ0n) is 13.3. The summed E-state index contributed by atoms with van der Waals surface area (Å²) in [5.41, 5.74) is 1.08. The van der Waals surface area contributed by atoms with Gasteiger partial charge in [-0.1, -0.05) is 30.3 Å². The summed E-state index contributed by atoms with van der Waals surface area (Å²) in [6, 6.07) is 11.6. The Hall–Kier alpha value is -3.12. The van der Waals surface area contributed by atoms with Gasteiger partial charge in [0, 0.05) is 5.56 Å². The van der Waals surface area contributed by atoms with Crippen LogP contribution in [0.1, 0.15) is 26.3 Å². The molecule has 124 valence electrons. The molecule has 2 aromatic rings. The van der Waals surface area contributed by atoms with Gasteiger partial charge in [0.15, 0.2) is 17.3 Å². The molecule has 0 aromatic heterocycles. The van der Waals surface area contributed by atoms with E-state index in [1.54, 1.807) is 43.5 Å². The lowest BCUT2D eigenvalue weighted by atomic mass is 10.0. The third-order valence-corrected chi connectivity index (χ3v) is 3.35. The normalized spacial score (nSPS) is 10.5. The summed E-state index contributed by atoms with van der Waals surface area (Å²) >= 11 is 0. The average Bonchev–Trinajstić information content (AvgIpc) is 2.65. The number of carbonyl (C=O) groups is 2. The molecule has 0 unspecified atom stereocenters. The van der Waals surface area contributed by atoms with Crippen molar-refractivity contribution < 1.29 is 23.9 Å². The molecule has 0 atom stereocenters. The molecule has 6 heteroatoms. The first-order chi connectivity index (χ1) is 11.6. The highest BCUT2D eigenvalue weighted by Gasteiger charge is 2.15. The molecule has 0 aliphatic heterocycles. The van der Waals surface area contributed by atoms with E-state index in [1.807, 2.05) is 0 Å². The van der Waals surface area contributed by atoms with Crippen LogP contribution in [0.25, 0.3) is 6.08 Å². The molecule has 24 heavy (non-hydrogen) atoms. The van der Waals surface area contributed by atoms with Gasteiger partial charge in [0.1, 0.15) is 0 Å². The van der Waals surface area contributed by atoms with Crippen LogP contribution in [0.4, 0.5) is 0 Å². The number of ketones is 1. The Labute approximate surface area is 139 Å². The summed E-state index contributed by atoms with van der Waals surface area (Å²) in [6.45, 7) is 0. The number of ether oxygens (including phenoxy) is 2. The van der Waals surface area contributed by atoms with Crippen molar-refractivity contribution in [2.75, 3.05) is 14.2 Å². The lowest BCUT2D eigenvalue weighted by molar-refractivity contribution is 0.0501. The molecule has 0 saturated heterocycles. The van der Waals surface area contributed by atoms with Crippen LogP contribution in [0.3, 0.4) is 0 Å². The van der Waals surface area contributed by atoms with Crippen molar-refractivity contribution in [3.63, 3.8) is 0 Å². The summed E-state index contributed by atoms with van der Waals surface area (Å²) in [5.74, 6) is 4.93. The number of hydrogen-bond acceptors (Lipinski definition) is 6. The molecule has 2 aromatic carbocycles. The van der Waals surface area contributed by atoms with Gasteiger partial charge >= 0.3 is 5.97 Å². The first-order valence-corrected chi connectivity index (χ1v) is 7.05. The molecule has 0 saturated carbocycles. The zero-order valence-corrected chi connectivity index (χ0v) is 13.3. The SMILES string of the molecule is COc1ccc(/C=C/C(=O)c2ccccc2C(=O)ON)cc1OC. The summed E-state index contributed by atoms with van der Waals surface area (Å²) < 4.78 is 10.4. The maximum absolute atomic E-state index is 12.3. The standard InChI is InChI=1S/C18H17NO5/c1-22-16-10-8-12(11-17(16)23-2)7-9-15(20)13-5-3-4-6-14(13)18(21)24-19/h3-11H,19H2,1-2H3/b9-7+.